The Labute approximate surface area is 136 Å². The number of nitrogens with one attached hydrogen (secondary N) is 2. The average molecular weight is 332 g/mol. The number of carbonyl (C=O) groups excluding carboxylic acids is 2. The monoisotopic (exact) mass is 331 g/mol. The van der Waals surface area contributed by atoms with Gasteiger partial charge >= 0.3 is 0 Å². The summed E-state index contributed by atoms with van der Waals surface area (Å²) in [6.45, 7) is 2.86. The van der Waals surface area contributed by atoms with Crippen LogP contribution in [0.4, 0.5) is 4.39 Å². The van der Waals surface area contributed by atoms with Crippen molar-refractivity contribution in [2.24, 2.45) is 5.73 Å². The predicted molar refractivity (Wildman–Crippen MR) is 86.5 cm³/mol. The maximum atomic E-state index is 12.7. The Morgan fingerprint density at radius 1 is 1.18 bits per heavy atom. The van der Waals surface area contributed by atoms with Crippen molar-refractivity contribution >= 4 is 24.2 Å². The number of hydrogen-bond donors (Lipinski definition) is 3. The molecule has 0 radical (unpaired) electrons. The number of hydrogen-bond acceptors (Lipinski definition) is 3. The molecule has 0 aliphatic carbocycles. The zero-order valence-electron chi connectivity index (χ0n) is 12.6. The molecule has 2 amide bonds. The molecule has 22 heavy (non-hydrogen) atoms. The van der Waals surface area contributed by atoms with Crippen LogP contribution in [-0.2, 0) is 4.79 Å². The van der Waals surface area contributed by atoms with Crippen LogP contribution in [0.1, 0.15) is 36.5 Å². The van der Waals surface area contributed by atoms with E-state index in [1.54, 1.807) is 0 Å². The van der Waals surface area contributed by atoms with Gasteiger partial charge < -0.3 is 16.4 Å². The van der Waals surface area contributed by atoms with Crippen molar-refractivity contribution < 1.29 is 14.0 Å². The van der Waals surface area contributed by atoms with Crippen LogP contribution in [0.15, 0.2) is 24.3 Å². The van der Waals surface area contributed by atoms with E-state index in [0.717, 1.165) is 6.42 Å². The van der Waals surface area contributed by atoms with Crippen LogP contribution in [0, 0.1) is 5.82 Å². The van der Waals surface area contributed by atoms with Crippen LogP contribution < -0.4 is 16.4 Å². The molecule has 4 N–H and O–H groups in total. The van der Waals surface area contributed by atoms with Crippen molar-refractivity contribution in [3.05, 3.63) is 35.6 Å². The Kier molecular flexibility index (Phi) is 10.2. The average Bonchev–Trinajstić information content (AvgIpc) is 2.47. The number of nitrogens with two attached hydrogens (primary N) is 1. The summed E-state index contributed by atoms with van der Waals surface area (Å²) in [4.78, 5) is 23.2. The molecule has 0 saturated heterocycles. The second-order valence-electron chi connectivity index (χ2n) is 4.80. The lowest BCUT2D eigenvalue weighted by Gasteiger charge is -2.11. The minimum absolute atomic E-state index is 0. The van der Waals surface area contributed by atoms with Gasteiger partial charge in [-0.3, -0.25) is 9.59 Å². The Hall–Kier alpha value is -1.66. The van der Waals surface area contributed by atoms with Gasteiger partial charge in [0.15, 0.2) is 0 Å². The summed E-state index contributed by atoms with van der Waals surface area (Å²) in [6, 6.07) is 4.87. The molecule has 1 rings (SSSR count). The fraction of sp³-hybridized carbons (Fsp3) is 0.467. The van der Waals surface area contributed by atoms with E-state index in [2.05, 4.69) is 10.6 Å². The zero-order valence-corrected chi connectivity index (χ0v) is 13.4. The highest BCUT2D eigenvalue weighted by Crippen LogP contribution is 2.02. The molecule has 0 fully saturated rings. The second kappa shape index (κ2) is 11.0. The molecule has 0 aromatic heterocycles. The van der Waals surface area contributed by atoms with Gasteiger partial charge in [0.25, 0.3) is 5.91 Å². The molecular formula is C15H23ClFN3O2. The smallest absolute Gasteiger partial charge is 0.251 e. The van der Waals surface area contributed by atoms with Crippen LogP contribution in [0.3, 0.4) is 0 Å². The first-order valence-electron chi connectivity index (χ1n) is 7.11. The summed E-state index contributed by atoms with van der Waals surface area (Å²) < 4.78 is 12.7. The van der Waals surface area contributed by atoms with E-state index in [-0.39, 0.29) is 30.0 Å². The van der Waals surface area contributed by atoms with Gasteiger partial charge in [0, 0.05) is 18.7 Å². The standard InChI is InChI=1S/C15H22FN3O2.ClH/c1-2-4-13(17)15(21)19-10-3-9-18-14(20)11-5-7-12(16)8-6-11;/h5-8,13H,2-4,9-10,17H2,1H3,(H,18,20)(H,19,21);1H. The lowest BCUT2D eigenvalue weighted by atomic mass is 10.1. The molecule has 0 aliphatic heterocycles. The SMILES string of the molecule is CCCC(N)C(=O)NCCCNC(=O)c1ccc(F)cc1.Cl. The number of halogens is 2. The third-order valence-corrected chi connectivity index (χ3v) is 2.98. The van der Waals surface area contributed by atoms with Crippen LogP contribution >= 0.6 is 12.4 Å². The lowest BCUT2D eigenvalue weighted by Crippen LogP contribution is -2.41. The van der Waals surface area contributed by atoms with Gasteiger partial charge in [-0.1, -0.05) is 13.3 Å². The number of benzene rings is 1. The van der Waals surface area contributed by atoms with E-state index in [1.807, 2.05) is 6.92 Å². The topological polar surface area (TPSA) is 84.2 Å². The van der Waals surface area contributed by atoms with Crippen molar-refractivity contribution in [3.8, 4) is 0 Å². The number of rotatable bonds is 8. The molecule has 124 valence electrons. The first-order chi connectivity index (χ1) is 10.0. The summed E-state index contributed by atoms with van der Waals surface area (Å²) in [5.74, 6) is -0.802. The molecule has 1 atom stereocenters. The van der Waals surface area contributed by atoms with E-state index >= 15 is 0 Å². The molecule has 1 aromatic carbocycles. The van der Waals surface area contributed by atoms with Crippen molar-refractivity contribution in [3.63, 3.8) is 0 Å². The zero-order chi connectivity index (χ0) is 15.7. The van der Waals surface area contributed by atoms with Crippen molar-refractivity contribution in [2.75, 3.05) is 13.1 Å². The fourth-order valence-electron chi connectivity index (χ4n) is 1.78. The van der Waals surface area contributed by atoms with Gasteiger partial charge in [0.05, 0.1) is 6.04 Å². The minimum atomic E-state index is -0.469. The Balaban J connectivity index is 0.00000441. The van der Waals surface area contributed by atoms with Gasteiger partial charge in [0.2, 0.25) is 5.91 Å². The van der Waals surface area contributed by atoms with Gasteiger partial charge in [-0.05, 0) is 37.1 Å². The lowest BCUT2D eigenvalue weighted by molar-refractivity contribution is -0.122. The van der Waals surface area contributed by atoms with Crippen molar-refractivity contribution in [1.82, 2.24) is 10.6 Å². The molecule has 1 aromatic rings. The molecule has 7 heteroatoms. The number of carbonyl (C=O) groups is 2. The van der Waals surface area contributed by atoms with Gasteiger partial charge in [0.1, 0.15) is 5.82 Å². The third kappa shape index (κ3) is 7.38. The van der Waals surface area contributed by atoms with E-state index in [4.69, 9.17) is 5.73 Å². The van der Waals surface area contributed by atoms with E-state index in [1.165, 1.54) is 24.3 Å². The molecule has 0 bridgehead atoms. The summed E-state index contributed by atoms with van der Waals surface area (Å²) in [5.41, 5.74) is 6.07. The normalized spacial score (nSPS) is 11.2. The van der Waals surface area contributed by atoms with Gasteiger partial charge in [-0.15, -0.1) is 12.4 Å². The van der Waals surface area contributed by atoms with Gasteiger partial charge in [-0.2, -0.15) is 0 Å². The summed E-state index contributed by atoms with van der Waals surface area (Å²) in [7, 11) is 0. The molecule has 0 heterocycles. The van der Waals surface area contributed by atoms with Crippen molar-refractivity contribution in [1.29, 1.82) is 0 Å². The predicted octanol–water partition coefficient (Wildman–Crippen LogP) is 1.61. The quantitative estimate of drug-likeness (QED) is 0.633. The highest BCUT2D eigenvalue weighted by molar-refractivity contribution is 5.94. The molecule has 0 saturated carbocycles. The van der Waals surface area contributed by atoms with Crippen LogP contribution in [0.2, 0.25) is 0 Å². The van der Waals surface area contributed by atoms with Crippen LogP contribution in [-0.4, -0.2) is 30.9 Å². The maximum absolute atomic E-state index is 12.7. The molecule has 0 aliphatic rings. The fourth-order valence-corrected chi connectivity index (χ4v) is 1.78. The third-order valence-electron chi connectivity index (χ3n) is 2.98. The van der Waals surface area contributed by atoms with Crippen LogP contribution in [0.25, 0.3) is 0 Å². The van der Waals surface area contributed by atoms with E-state index in [9.17, 15) is 14.0 Å². The summed E-state index contributed by atoms with van der Waals surface area (Å²) in [6.07, 6.45) is 2.13. The highest BCUT2D eigenvalue weighted by Gasteiger charge is 2.11. The largest absolute Gasteiger partial charge is 0.355 e. The highest BCUT2D eigenvalue weighted by atomic mass is 35.5. The molecule has 5 nitrogen and oxygen atoms in total. The van der Waals surface area contributed by atoms with Crippen molar-refractivity contribution in [2.45, 2.75) is 32.2 Å². The maximum Gasteiger partial charge on any atom is 0.251 e. The number of amides is 2. The van der Waals surface area contributed by atoms with Crippen LogP contribution in [0.5, 0.6) is 0 Å². The minimum Gasteiger partial charge on any atom is -0.355 e. The van der Waals surface area contributed by atoms with Gasteiger partial charge in [-0.25, -0.2) is 4.39 Å². The first-order valence-corrected chi connectivity index (χ1v) is 7.11. The molecule has 0 spiro atoms. The Morgan fingerprint density at radius 3 is 2.36 bits per heavy atom. The Morgan fingerprint density at radius 2 is 1.77 bits per heavy atom. The summed E-state index contributed by atoms with van der Waals surface area (Å²) >= 11 is 0. The van der Waals surface area contributed by atoms with E-state index < -0.39 is 6.04 Å². The second-order valence-corrected chi connectivity index (χ2v) is 4.80. The summed E-state index contributed by atoms with van der Waals surface area (Å²) in [5, 5.41) is 5.43. The Bertz CT molecular complexity index is 468. The molecule has 1 unspecified atom stereocenters. The first kappa shape index (κ1) is 20.3. The molecular weight excluding hydrogens is 309 g/mol. The van der Waals surface area contributed by atoms with E-state index in [0.29, 0.717) is 31.5 Å².